The first-order valence-electron chi connectivity index (χ1n) is 12.6. The predicted octanol–water partition coefficient (Wildman–Crippen LogP) is 10.2. The van der Waals surface area contributed by atoms with Crippen LogP contribution in [0.1, 0.15) is 130 Å². The fourth-order valence-corrected chi connectivity index (χ4v) is 5.43. The molecule has 0 aliphatic carbocycles. The molecule has 2 rings (SSSR count). The van der Waals surface area contributed by atoms with Crippen LogP contribution in [0.3, 0.4) is 0 Å². The quantitative estimate of drug-likeness (QED) is 0.0858. The first-order chi connectivity index (χ1) is 15.9. The summed E-state index contributed by atoms with van der Waals surface area (Å²) in [5.41, 5.74) is 0.134. The lowest BCUT2D eigenvalue weighted by atomic mass is 10.0. The number of carbonyl (C=O) groups is 2. The van der Waals surface area contributed by atoms with Gasteiger partial charge in [-0.15, -0.1) is 0 Å². The molecule has 2 amide bonds. The van der Waals surface area contributed by atoms with E-state index in [4.69, 9.17) is 46.4 Å². The Morgan fingerprint density at radius 1 is 0.485 bits per heavy atom. The topological polar surface area (TPSA) is 37.4 Å². The van der Waals surface area contributed by atoms with Gasteiger partial charge in [-0.1, -0.05) is 150 Å². The minimum absolute atomic E-state index is 0.00566. The Morgan fingerprint density at radius 3 is 1.12 bits per heavy atom. The van der Waals surface area contributed by atoms with Crippen molar-refractivity contribution in [3.8, 4) is 0 Å². The van der Waals surface area contributed by atoms with Crippen LogP contribution in [-0.4, -0.2) is 23.3 Å². The Kier molecular flexibility index (Phi) is 13.5. The van der Waals surface area contributed by atoms with Crippen molar-refractivity contribution < 1.29 is 9.59 Å². The third-order valence-corrected chi connectivity index (χ3v) is 8.22. The van der Waals surface area contributed by atoms with Crippen molar-refractivity contribution >= 4 is 58.2 Å². The summed E-state index contributed by atoms with van der Waals surface area (Å²) < 4.78 is 0. The lowest BCUT2D eigenvalue weighted by Crippen LogP contribution is -2.30. The molecule has 0 fully saturated rings. The number of amides is 2. The summed E-state index contributed by atoms with van der Waals surface area (Å²) in [5, 5.41) is 0.00256. The summed E-state index contributed by atoms with van der Waals surface area (Å²) in [6.07, 6.45) is 20.4. The van der Waals surface area contributed by atoms with E-state index in [1.807, 2.05) is 0 Å². The summed E-state index contributed by atoms with van der Waals surface area (Å²) in [5.74, 6) is -0.886. The first-order valence-corrected chi connectivity index (χ1v) is 14.1. The first kappa shape index (κ1) is 28.8. The molecule has 3 nitrogen and oxygen atoms in total. The largest absolute Gasteiger partial charge is 0.274 e. The number of unbranched alkanes of at least 4 members (excludes halogenated alkanes) is 15. The van der Waals surface area contributed by atoms with Crippen molar-refractivity contribution in [2.75, 3.05) is 6.54 Å². The average molecular weight is 537 g/mol. The van der Waals surface area contributed by atoms with Crippen LogP contribution in [0.2, 0.25) is 20.1 Å². The molecule has 1 aromatic rings. The van der Waals surface area contributed by atoms with Crippen molar-refractivity contribution in [3.63, 3.8) is 0 Å². The zero-order valence-corrected chi connectivity index (χ0v) is 22.8. The van der Waals surface area contributed by atoms with Crippen LogP contribution in [0, 0.1) is 0 Å². The zero-order chi connectivity index (χ0) is 24.2. The Hall–Kier alpha value is -0.480. The Bertz CT molecular complexity index is 750. The van der Waals surface area contributed by atoms with Gasteiger partial charge in [-0.3, -0.25) is 14.5 Å². The van der Waals surface area contributed by atoms with Gasteiger partial charge in [0.1, 0.15) is 0 Å². The highest BCUT2D eigenvalue weighted by Gasteiger charge is 2.41. The number of imide groups is 1. The third-order valence-electron chi connectivity index (χ3n) is 6.42. The molecule has 0 N–H and O–H groups in total. The highest BCUT2D eigenvalue weighted by Crippen LogP contribution is 2.44. The SMILES string of the molecule is CCCCCCCCCCCCCCCCCCN1C(=O)c2c(Cl)c(Cl)c(Cl)c(Cl)c2C1=O. The van der Waals surface area contributed by atoms with Crippen LogP contribution in [0.15, 0.2) is 0 Å². The van der Waals surface area contributed by atoms with Gasteiger partial charge in [-0.2, -0.15) is 0 Å². The number of hydrogen-bond donors (Lipinski definition) is 0. The lowest BCUT2D eigenvalue weighted by Gasteiger charge is -2.13. The fourth-order valence-electron chi connectivity index (χ4n) is 4.42. The molecule has 0 bridgehead atoms. The molecule has 1 aliphatic heterocycles. The molecule has 1 aromatic carbocycles. The molecule has 7 heteroatoms. The highest BCUT2D eigenvalue weighted by atomic mass is 35.5. The van der Waals surface area contributed by atoms with Gasteiger partial charge in [0.2, 0.25) is 0 Å². The van der Waals surface area contributed by atoms with Crippen molar-refractivity contribution in [3.05, 3.63) is 31.2 Å². The van der Waals surface area contributed by atoms with E-state index in [0.717, 1.165) is 19.3 Å². The summed E-state index contributed by atoms with van der Waals surface area (Å²) in [6.45, 7) is 2.62. The molecule has 0 spiro atoms. The minimum Gasteiger partial charge on any atom is -0.274 e. The highest BCUT2D eigenvalue weighted by molar-refractivity contribution is 6.55. The van der Waals surface area contributed by atoms with Crippen LogP contribution in [-0.2, 0) is 0 Å². The van der Waals surface area contributed by atoms with Gasteiger partial charge in [-0.25, -0.2) is 0 Å². The van der Waals surface area contributed by atoms with Crippen LogP contribution < -0.4 is 0 Å². The van der Waals surface area contributed by atoms with Crippen molar-refractivity contribution in [1.29, 1.82) is 0 Å². The van der Waals surface area contributed by atoms with Gasteiger partial charge >= 0.3 is 0 Å². The summed E-state index contributed by atoms with van der Waals surface area (Å²) in [7, 11) is 0. The van der Waals surface area contributed by atoms with Crippen LogP contribution in [0.5, 0.6) is 0 Å². The predicted molar refractivity (Wildman–Crippen MR) is 141 cm³/mol. The molecule has 0 unspecified atom stereocenters. The smallest absolute Gasteiger partial charge is 0.263 e. The summed E-state index contributed by atoms with van der Waals surface area (Å²) >= 11 is 24.4. The Labute approximate surface area is 219 Å². The van der Waals surface area contributed by atoms with E-state index in [1.165, 1.54) is 88.4 Å². The molecule has 1 aliphatic rings. The Morgan fingerprint density at radius 2 is 0.788 bits per heavy atom. The van der Waals surface area contributed by atoms with E-state index in [1.54, 1.807) is 0 Å². The second kappa shape index (κ2) is 15.5. The molecule has 186 valence electrons. The van der Waals surface area contributed by atoms with Crippen LogP contribution >= 0.6 is 46.4 Å². The molecule has 1 heterocycles. The van der Waals surface area contributed by atoms with Gasteiger partial charge in [0.25, 0.3) is 11.8 Å². The minimum atomic E-state index is -0.443. The zero-order valence-electron chi connectivity index (χ0n) is 19.8. The van der Waals surface area contributed by atoms with Crippen LogP contribution in [0.4, 0.5) is 0 Å². The number of halogens is 4. The monoisotopic (exact) mass is 535 g/mol. The second-order valence-corrected chi connectivity index (χ2v) is 10.6. The van der Waals surface area contributed by atoms with E-state index in [2.05, 4.69) is 6.92 Å². The number of nitrogens with zero attached hydrogens (tertiary/aromatic N) is 1. The maximum Gasteiger partial charge on any atom is 0.263 e. The second-order valence-electron chi connectivity index (χ2n) is 9.07. The molecule has 0 saturated carbocycles. The van der Waals surface area contributed by atoms with E-state index in [-0.39, 0.29) is 31.2 Å². The number of carbonyl (C=O) groups excluding carboxylic acids is 2. The molecule has 0 aromatic heterocycles. The Balaban J connectivity index is 1.53. The van der Waals surface area contributed by atoms with E-state index in [9.17, 15) is 9.59 Å². The van der Waals surface area contributed by atoms with Gasteiger partial charge < -0.3 is 0 Å². The number of rotatable bonds is 17. The number of benzene rings is 1. The lowest BCUT2D eigenvalue weighted by molar-refractivity contribution is 0.0651. The molecular formula is C26H37Cl4NO2. The summed E-state index contributed by atoms with van der Waals surface area (Å²) in [4.78, 5) is 26.6. The van der Waals surface area contributed by atoms with Gasteiger partial charge in [-0.05, 0) is 6.42 Å². The van der Waals surface area contributed by atoms with Gasteiger partial charge in [0.15, 0.2) is 0 Å². The van der Waals surface area contributed by atoms with Gasteiger partial charge in [0, 0.05) is 6.54 Å². The number of hydrogen-bond acceptors (Lipinski definition) is 2. The number of fused-ring (bicyclic) bond motifs is 1. The van der Waals surface area contributed by atoms with Crippen molar-refractivity contribution in [2.24, 2.45) is 0 Å². The molecule has 0 radical (unpaired) electrons. The maximum absolute atomic E-state index is 12.7. The van der Waals surface area contributed by atoms with E-state index < -0.39 is 11.8 Å². The normalized spacial score (nSPS) is 13.3. The van der Waals surface area contributed by atoms with Crippen molar-refractivity contribution in [1.82, 2.24) is 4.90 Å². The molecule has 0 saturated heterocycles. The molecular weight excluding hydrogens is 500 g/mol. The fraction of sp³-hybridized carbons (Fsp3) is 0.692. The third kappa shape index (κ3) is 8.30. The van der Waals surface area contributed by atoms with Crippen molar-refractivity contribution in [2.45, 2.75) is 110 Å². The standard InChI is InChI=1S/C26H37Cl4NO2/c1-2-3-4-5-6-7-8-9-10-11-12-13-14-15-16-17-18-31-25(32)19-20(26(31)33)22(28)24(30)23(29)21(19)27/h2-18H2,1H3. The van der Waals surface area contributed by atoms with Crippen LogP contribution in [0.25, 0.3) is 0 Å². The summed E-state index contributed by atoms with van der Waals surface area (Å²) in [6, 6.07) is 0. The maximum atomic E-state index is 12.7. The molecule has 33 heavy (non-hydrogen) atoms. The molecule has 0 atom stereocenters. The van der Waals surface area contributed by atoms with E-state index in [0.29, 0.717) is 6.54 Å². The average Bonchev–Trinajstić information content (AvgIpc) is 3.05. The van der Waals surface area contributed by atoms with E-state index >= 15 is 0 Å². The van der Waals surface area contributed by atoms with Gasteiger partial charge in [0.05, 0.1) is 31.2 Å².